The number of hydrogen-bond acceptors (Lipinski definition) is 9. The fraction of sp³-hybridized carbons (Fsp3) is 0.500. The van der Waals surface area contributed by atoms with Gasteiger partial charge in [0.2, 0.25) is 16.9 Å². The number of ether oxygens (including phenoxy) is 3. The fourth-order valence-corrected chi connectivity index (χ4v) is 3.37. The minimum atomic E-state index is -0.0885. The Bertz CT molecular complexity index is 762. The summed E-state index contributed by atoms with van der Waals surface area (Å²) >= 11 is 1.25. The Kier molecular flexibility index (Phi) is 4.96. The minimum Gasteiger partial charge on any atom is -0.442 e. The second kappa shape index (κ2) is 7.52. The van der Waals surface area contributed by atoms with Gasteiger partial charge in [0.05, 0.1) is 43.8 Å². The van der Waals surface area contributed by atoms with Crippen molar-refractivity contribution in [2.24, 2.45) is 5.92 Å². The second-order valence-corrected chi connectivity index (χ2v) is 7.00. The van der Waals surface area contributed by atoms with Crippen LogP contribution in [0.25, 0.3) is 0 Å². The molecule has 1 N–H and O–H groups in total. The smallest absolute Gasteiger partial charge is 0.231 e. The van der Waals surface area contributed by atoms with Gasteiger partial charge in [0.15, 0.2) is 10.9 Å². The first-order valence-electron chi connectivity index (χ1n) is 8.35. The third kappa shape index (κ3) is 3.92. The van der Waals surface area contributed by atoms with E-state index in [9.17, 15) is 4.79 Å². The van der Waals surface area contributed by atoms with Crippen LogP contribution in [0.3, 0.4) is 0 Å². The molecule has 1 amide bonds. The van der Waals surface area contributed by atoms with Crippen LogP contribution in [-0.2, 0) is 14.3 Å². The van der Waals surface area contributed by atoms with E-state index in [2.05, 4.69) is 25.2 Å². The molecular weight excluding hydrogens is 358 g/mol. The van der Waals surface area contributed by atoms with Crippen molar-refractivity contribution >= 4 is 28.3 Å². The van der Waals surface area contributed by atoms with Gasteiger partial charge in [-0.3, -0.25) is 4.79 Å². The van der Waals surface area contributed by atoms with E-state index in [4.69, 9.17) is 14.2 Å². The Morgan fingerprint density at radius 3 is 2.73 bits per heavy atom. The van der Waals surface area contributed by atoms with Crippen molar-refractivity contribution in [3.63, 3.8) is 0 Å². The van der Waals surface area contributed by atoms with Crippen molar-refractivity contribution in [1.29, 1.82) is 0 Å². The Hall–Kier alpha value is -2.30. The van der Waals surface area contributed by atoms with Crippen molar-refractivity contribution in [3.05, 3.63) is 18.6 Å². The minimum absolute atomic E-state index is 0.0211. The molecule has 0 spiro atoms. The summed E-state index contributed by atoms with van der Waals surface area (Å²) in [7, 11) is 1.61. The molecule has 0 aromatic carbocycles. The van der Waals surface area contributed by atoms with Gasteiger partial charge in [-0.2, -0.15) is 0 Å². The van der Waals surface area contributed by atoms with Gasteiger partial charge in [-0.1, -0.05) is 11.3 Å². The topological polar surface area (TPSA) is 98.7 Å². The van der Waals surface area contributed by atoms with Gasteiger partial charge in [0.25, 0.3) is 0 Å². The largest absolute Gasteiger partial charge is 0.442 e. The Labute approximate surface area is 154 Å². The Balaban J connectivity index is 1.33. The number of nitrogens with zero attached hydrogens (tertiary/aromatic N) is 4. The zero-order chi connectivity index (χ0) is 17.9. The van der Waals surface area contributed by atoms with Gasteiger partial charge in [-0.15, -0.1) is 0 Å². The van der Waals surface area contributed by atoms with E-state index >= 15 is 0 Å². The number of thiazole rings is 1. The summed E-state index contributed by atoms with van der Waals surface area (Å²) in [6.07, 6.45) is 5.60. The molecule has 1 saturated carbocycles. The van der Waals surface area contributed by atoms with E-state index in [0.717, 1.165) is 19.5 Å². The van der Waals surface area contributed by atoms with Gasteiger partial charge in [-0.25, -0.2) is 15.0 Å². The lowest BCUT2D eigenvalue weighted by Gasteiger charge is -2.26. The van der Waals surface area contributed by atoms with Crippen LogP contribution in [0.1, 0.15) is 6.42 Å². The molecule has 2 aromatic heterocycles. The number of carbonyl (C=O) groups is 1. The predicted molar refractivity (Wildman–Crippen MR) is 94.8 cm³/mol. The molecule has 0 bridgehead atoms. The maximum Gasteiger partial charge on any atom is 0.231 e. The molecule has 1 aliphatic carbocycles. The Morgan fingerprint density at radius 1 is 1.27 bits per heavy atom. The molecular formula is C16H19N5O4S. The lowest BCUT2D eigenvalue weighted by atomic mass is 10.4. The molecule has 1 saturated heterocycles. The fourth-order valence-electron chi connectivity index (χ4n) is 2.68. The molecule has 4 rings (SSSR count). The average Bonchev–Trinajstić information content (AvgIpc) is 3.36. The summed E-state index contributed by atoms with van der Waals surface area (Å²) in [6, 6.07) is 0. The van der Waals surface area contributed by atoms with Crippen LogP contribution in [-0.4, -0.2) is 60.4 Å². The molecule has 2 atom stereocenters. The van der Waals surface area contributed by atoms with E-state index in [1.54, 1.807) is 25.7 Å². The number of aromatic nitrogens is 3. The number of amides is 1. The van der Waals surface area contributed by atoms with E-state index < -0.39 is 0 Å². The number of hydrogen-bond donors (Lipinski definition) is 1. The normalized spacial score (nSPS) is 22.1. The van der Waals surface area contributed by atoms with Gasteiger partial charge in [0.1, 0.15) is 0 Å². The highest BCUT2D eigenvalue weighted by Crippen LogP contribution is 2.35. The molecule has 138 valence electrons. The third-order valence-electron chi connectivity index (χ3n) is 4.21. The van der Waals surface area contributed by atoms with Gasteiger partial charge in [-0.05, 0) is 6.42 Å². The van der Waals surface area contributed by atoms with Crippen molar-refractivity contribution in [1.82, 2.24) is 15.0 Å². The van der Waals surface area contributed by atoms with Crippen LogP contribution < -0.4 is 15.0 Å². The number of morpholine rings is 1. The zero-order valence-electron chi connectivity index (χ0n) is 14.3. The summed E-state index contributed by atoms with van der Waals surface area (Å²) in [5.74, 6) is 1.02. The number of anilines is 2. The van der Waals surface area contributed by atoms with Crippen molar-refractivity contribution < 1.29 is 19.0 Å². The number of methoxy groups -OCH3 is 1. The van der Waals surface area contributed by atoms with Crippen LogP contribution in [0.5, 0.6) is 10.8 Å². The van der Waals surface area contributed by atoms with Crippen molar-refractivity contribution in [2.75, 3.05) is 43.6 Å². The first-order valence-corrected chi connectivity index (χ1v) is 9.16. The van der Waals surface area contributed by atoms with E-state index in [-0.39, 0.29) is 17.9 Å². The van der Waals surface area contributed by atoms with Gasteiger partial charge < -0.3 is 24.4 Å². The second-order valence-electron chi connectivity index (χ2n) is 6.01. The molecule has 9 nitrogen and oxygen atoms in total. The highest BCUT2D eigenvalue weighted by Gasteiger charge is 2.43. The summed E-state index contributed by atoms with van der Waals surface area (Å²) in [6.45, 7) is 2.93. The average molecular weight is 377 g/mol. The molecule has 3 heterocycles. The lowest BCUT2D eigenvalue weighted by Crippen LogP contribution is -2.37. The third-order valence-corrected chi connectivity index (χ3v) is 5.00. The Morgan fingerprint density at radius 2 is 2.04 bits per heavy atom. The van der Waals surface area contributed by atoms with Crippen LogP contribution in [0.15, 0.2) is 18.6 Å². The van der Waals surface area contributed by atoms with Crippen LogP contribution in [0.4, 0.5) is 11.1 Å². The number of nitrogens with one attached hydrogen (secondary N) is 1. The molecule has 2 aliphatic rings. The monoisotopic (exact) mass is 377 g/mol. The number of carbonyl (C=O) groups excluding carboxylic acids is 1. The molecule has 10 heteroatoms. The standard InChI is InChI=1S/C16H19N5O4S/c1-23-12-6-11(12)14(22)20-16-19-9-13(26-16)25-10-7-17-15(18-8-10)21-2-4-24-5-3-21/h7-9,11-12H,2-6H2,1H3,(H,19,20,22). The lowest BCUT2D eigenvalue weighted by molar-refractivity contribution is -0.118. The van der Waals surface area contributed by atoms with E-state index in [0.29, 0.717) is 35.1 Å². The van der Waals surface area contributed by atoms with E-state index in [1.807, 2.05) is 0 Å². The molecule has 2 unspecified atom stereocenters. The summed E-state index contributed by atoms with van der Waals surface area (Å²) in [5, 5.41) is 3.84. The van der Waals surface area contributed by atoms with Crippen molar-refractivity contribution in [2.45, 2.75) is 12.5 Å². The molecule has 0 radical (unpaired) electrons. The SMILES string of the molecule is COC1CC1C(=O)Nc1ncc(Oc2cnc(N3CCOCC3)nc2)s1. The summed E-state index contributed by atoms with van der Waals surface area (Å²) < 4.78 is 16.2. The van der Waals surface area contributed by atoms with Crippen LogP contribution in [0, 0.1) is 5.92 Å². The molecule has 1 aliphatic heterocycles. The maximum absolute atomic E-state index is 12.0. The van der Waals surface area contributed by atoms with Crippen molar-refractivity contribution in [3.8, 4) is 10.8 Å². The highest BCUT2D eigenvalue weighted by molar-refractivity contribution is 7.17. The van der Waals surface area contributed by atoms with Crippen LogP contribution in [0.2, 0.25) is 0 Å². The first kappa shape index (κ1) is 17.1. The van der Waals surface area contributed by atoms with Crippen LogP contribution >= 0.6 is 11.3 Å². The van der Waals surface area contributed by atoms with Gasteiger partial charge in [0, 0.05) is 20.2 Å². The first-order chi connectivity index (χ1) is 12.7. The quantitative estimate of drug-likeness (QED) is 0.809. The zero-order valence-corrected chi connectivity index (χ0v) is 15.1. The molecule has 26 heavy (non-hydrogen) atoms. The molecule has 2 aromatic rings. The highest BCUT2D eigenvalue weighted by atomic mass is 32.1. The molecule has 2 fully saturated rings. The van der Waals surface area contributed by atoms with E-state index in [1.165, 1.54) is 11.3 Å². The predicted octanol–water partition coefficient (Wildman–Crippen LogP) is 1.54. The van der Waals surface area contributed by atoms with Gasteiger partial charge >= 0.3 is 0 Å². The summed E-state index contributed by atoms with van der Waals surface area (Å²) in [5.41, 5.74) is 0. The number of rotatable bonds is 6. The summed E-state index contributed by atoms with van der Waals surface area (Å²) in [4.78, 5) is 26.9. The maximum atomic E-state index is 12.0.